The van der Waals surface area contributed by atoms with Crippen molar-refractivity contribution in [1.82, 2.24) is 24.8 Å². The average Bonchev–Trinajstić information content (AvgIpc) is 3.33. The molecule has 0 bridgehead atoms. The summed E-state index contributed by atoms with van der Waals surface area (Å²) in [7, 11) is 0. The lowest BCUT2D eigenvalue weighted by molar-refractivity contribution is -0.144. The van der Waals surface area contributed by atoms with Crippen molar-refractivity contribution in [2.45, 2.75) is 44.1 Å². The van der Waals surface area contributed by atoms with Gasteiger partial charge in [-0.2, -0.15) is 13.2 Å². The number of imidazole rings is 2. The minimum absolute atomic E-state index is 0.124. The predicted octanol–water partition coefficient (Wildman–Crippen LogP) is 2.58. The molecule has 2 heterocycles. The lowest BCUT2D eigenvalue weighted by atomic mass is 10.1. The zero-order chi connectivity index (χ0) is 20.1. The summed E-state index contributed by atoms with van der Waals surface area (Å²) in [6.45, 7) is 1.84. The number of carbonyl (C=O) groups excluding carboxylic acids is 1. The van der Waals surface area contributed by atoms with Gasteiger partial charge in [-0.15, -0.1) is 0 Å². The molecule has 148 valence electrons. The Balaban J connectivity index is 1.50. The first-order valence-electron chi connectivity index (χ1n) is 8.79. The second-order valence-electron chi connectivity index (χ2n) is 6.91. The van der Waals surface area contributed by atoms with Crippen molar-refractivity contribution in [2.75, 3.05) is 0 Å². The van der Waals surface area contributed by atoms with Crippen LogP contribution in [0.15, 0.2) is 30.6 Å². The molecular weight excluding hydrogens is 375 g/mol. The maximum atomic E-state index is 12.8. The Bertz CT molecular complexity index is 1030. The van der Waals surface area contributed by atoms with Gasteiger partial charge in [-0.1, -0.05) is 0 Å². The Morgan fingerprint density at radius 1 is 1.36 bits per heavy atom. The van der Waals surface area contributed by atoms with E-state index in [0.29, 0.717) is 12.8 Å². The highest BCUT2D eigenvalue weighted by molar-refractivity contribution is 5.97. The molecule has 0 aliphatic heterocycles. The molecule has 0 unspecified atom stereocenters. The van der Waals surface area contributed by atoms with E-state index in [-0.39, 0.29) is 22.6 Å². The highest BCUT2D eigenvalue weighted by atomic mass is 19.4. The Kier molecular flexibility index (Phi) is 4.37. The van der Waals surface area contributed by atoms with E-state index in [1.54, 1.807) is 12.4 Å². The Hall–Kier alpha value is -2.88. The Labute approximate surface area is 157 Å². The zero-order valence-electron chi connectivity index (χ0n) is 14.9. The fourth-order valence-electron chi connectivity index (χ4n) is 3.70. The largest absolute Gasteiger partial charge is 0.449 e. The number of halogens is 3. The van der Waals surface area contributed by atoms with Crippen LogP contribution in [0.3, 0.4) is 0 Å². The standard InChI is InChI=1S/C18H18F3N5O2/c1-9-22-6-7-26(9)14-5-4-12(15(14)27)23-16(28)10-2-3-11-13(8-10)25-17(24-11)18(19,20)21/h2-3,6-8,12,14-15,27H,4-5H2,1H3,(H,23,28)(H,24,25)/t12-,14-,15-/m1/s1. The molecule has 1 amide bonds. The van der Waals surface area contributed by atoms with Gasteiger partial charge in [0.25, 0.3) is 5.91 Å². The second-order valence-corrected chi connectivity index (χ2v) is 6.91. The predicted molar refractivity (Wildman–Crippen MR) is 93.6 cm³/mol. The molecule has 1 aliphatic carbocycles. The van der Waals surface area contributed by atoms with E-state index in [2.05, 4.69) is 20.3 Å². The molecule has 1 aliphatic rings. The number of hydrogen-bond acceptors (Lipinski definition) is 4. The van der Waals surface area contributed by atoms with Gasteiger partial charge in [0.05, 0.1) is 29.2 Å². The highest BCUT2D eigenvalue weighted by Gasteiger charge is 2.37. The number of alkyl halides is 3. The van der Waals surface area contributed by atoms with E-state index < -0.39 is 30.1 Å². The normalized spacial score (nSPS) is 22.7. The van der Waals surface area contributed by atoms with Crippen LogP contribution >= 0.6 is 0 Å². The van der Waals surface area contributed by atoms with E-state index >= 15 is 0 Å². The third-order valence-corrected chi connectivity index (χ3v) is 5.13. The lowest BCUT2D eigenvalue weighted by Crippen LogP contribution is -2.42. The van der Waals surface area contributed by atoms with Gasteiger partial charge in [-0.25, -0.2) is 9.97 Å². The van der Waals surface area contributed by atoms with Gasteiger partial charge in [0.2, 0.25) is 5.82 Å². The number of aliphatic hydroxyl groups excluding tert-OH is 1. The first-order chi connectivity index (χ1) is 13.2. The molecule has 0 spiro atoms. The number of nitrogens with zero attached hydrogens (tertiary/aromatic N) is 3. The smallest absolute Gasteiger partial charge is 0.389 e. The molecule has 1 aromatic carbocycles. The Morgan fingerprint density at radius 3 is 2.82 bits per heavy atom. The number of hydrogen-bond donors (Lipinski definition) is 3. The SMILES string of the molecule is Cc1nccn1[C@@H]1CC[C@@H](NC(=O)c2ccc3nc(C(F)(F)F)[nH]c3c2)[C@H]1O. The quantitative estimate of drug-likeness (QED) is 0.637. The summed E-state index contributed by atoms with van der Waals surface area (Å²) in [5.41, 5.74) is 0.443. The number of aliphatic hydroxyl groups is 1. The average molecular weight is 393 g/mol. The maximum absolute atomic E-state index is 12.8. The molecule has 1 fully saturated rings. The molecule has 3 atom stereocenters. The summed E-state index contributed by atoms with van der Waals surface area (Å²) in [5, 5.41) is 13.4. The van der Waals surface area contributed by atoms with Crippen molar-refractivity contribution >= 4 is 16.9 Å². The minimum Gasteiger partial charge on any atom is -0.389 e. The molecule has 7 nitrogen and oxygen atoms in total. The Morgan fingerprint density at radius 2 is 2.14 bits per heavy atom. The second kappa shape index (κ2) is 6.62. The van der Waals surface area contributed by atoms with Crippen molar-refractivity contribution < 1.29 is 23.1 Å². The third-order valence-electron chi connectivity index (χ3n) is 5.13. The summed E-state index contributed by atoms with van der Waals surface area (Å²) in [6.07, 6.45) is -0.668. The first kappa shape index (κ1) is 18.5. The number of aromatic nitrogens is 4. The van der Waals surface area contributed by atoms with Gasteiger partial charge in [-0.05, 0) is 38.0 Å². The van der Waals surface area contributed by atoms with Gasteiger partial charge in [-0.3, -0.25) is 4.79 Å². The van der Waals surface area contributed by atoms with Crippen molar-refractivity contribution in [3.05, 3.63) is 47.8 Å². The van der Waals surface area contributed by atoms with Crippen molar-refractivity contribution in [3.63, 3.8) is 0 Å². The van der Waals surface area contributed by atoms with Crippen LogP contribution in [-0.2, 0) is 6.18 Å². The first-order valence-corrected chi connectivity index (χ1v) is 8.79. The summed E-state index contributed by atoms with van der Waals surface area (Å²) in [6, 6.07) is 3.46. The molecule has 3 aromatic rings. The van der Waals surface area contributed by atoms with Gasteiger partial charge in [0.1, 0.15) is 5.82 Å². The van der Waals surface area contributed by atoms with Crippen LogP contribution in [0.2, 0.25) is 0 Å². The maximum Gasteiger partial charge on any atom is 0.449 e. The van der Waals surface area contributed by atoms with Crippen LogP contribution in [0.4, 0.5) is 13.2 Å². The van der Waals surface area contributed by atoms with E-state index in [1.807, 2.05) is 11.5 Å². The lowest BCUT2D eigenvalue weighted by Gasteiger charge is -2.22. The number of nitrogens with one attached hydrogen (secondary N) is 2. The third kappa shape index (κ3) is 3.24. The van der Waals surface area contributed by atoms with Crippen molar-refractivity contribution in [1.29, 1.82) is 0 Å². The number of aryl methyl sites for hydroxylation is 1. The van der Waals surface area contributed by atoms with Crippen LogP contribution in [0.1, 0.15) is 40.9 Å². The van der Waals surface area contributed by atoms with Crippen LogP contribution in [0, 0.1) is 6.92 Å². The number of benzene rings is 1. The summed E-state index contributed by atoms with van der Waals surface area (Å²) in [4.78, 5) is 22.4. The molecule has 1 saturated carbocycles. The van der Waals surface area contributed by atoms with Gasteiger partial charge < -0.3 is 20.0 Å². The molecule has 0 radical (unpaired) electrons. The van der Waals surface area contributed by atoms with Crippen LogP contribution in [0.5, 0.6) is 0 Å². The molecule has 0 saturated heterocycles. The number of rotatable bonds is 3. The van der Waals surface area contributed by atoms with E-state index in [9.17, 15) is 23.1 Å². The van der Waals surface area contributed by atoms with E-state index in [4.69, 9.17) is 0 Å². The van der Waals surface area contributed by atoms with Gasteiger partial charge in [0, 0.05) is 18.0 Å². The number of amides is 1. The summed E-state index contributed by atoms with van der Waals surface area (Å²) >= 11 is 0. The number of H-pyrrole nitrogens is 1. The van der Waals surface area contributed by atoms with Gasteiger partial charge in [0.15, 0.2) is 0 Å². The molecule has 2 aromatic heterocycles. The molecule has 3 N–H and O–H groups in total. The number of aromatic amines is 1. The highest BCUT2D eigenvalue weighted by Crippen LogP contribution is 2.32. The van der Waals surface area contributed by atoms with Crippen LogP contribution < -0.4 is 5.32 Å². The van der Waals surface area contributed by atoms with Crippen molar-refractivity contribution in [3.8, 4) is 0 Å². The topological polar surface area (TPSA) is 95.8 Å². The van der Waals surface area contributed by atoms with Crippen LogP contribution in [0.25, 0.3) is 11.0 Å². The van der Waals surface area contributed by atoms with E-state index in [0.717, 1.165) is 5.82 Å². The molecule has 4 rings (SSSR count). The fourth-order valence-corrected chi connectivity index (χ4v) is 3.70. The number of fused-ring (bicyclic) bond motifs is 1. The van der Waals surface area contributed by atoms with E-state index in [1.165, 1.54) is 18.2 Å². The molecular formula is C18H18F3N5O2. The minimum atomic E-state index is -4.59. The summed E-state index contributed by atoms with van der Waals surface area (Å²) in [5.74, 6) is -0.789. The van der Waals surface area contributed by atoms with Gasteiger partial charge >= 0.3 is 6.18 Å². The fraction of sp³-hybridized carbons (Fsp3) is 0.389. The van der Waals surface area contributed by atoms with Crippen molar-refractivity contribution in [2.24, 2.45) is 0 Å². The molecule has 10 heteroatoms. The molecule has 28 heavy (non-hydrogen) atoms. The monoisotopic (exact) mass is 393 g/mol. The summed E-state index contributed by atoms with van der Waals surface area (Å²) < 4.78 is 40.2. The van der Waals surface area contributed by atoms with Crippen LogP contribution in [-0.4, -0.2) is 42.7 Å². The zero-order valence-corrected chi connectivity index (χ0v) is 14.9. The number of carbonyl (C=O) groups is 1.